The lowest BCUT2D eigenvalue weighted by molar-refractivity contribution is -0.140. The summed E-state index contributed by atoms with van der Waals surface area (Å²) in [5, 5.41) is 2.53. The van der Waals surface area contributed by atoms with E-state index in [1.54, 1.807) is 6.92 Å². The number of phosphoric acid groups is 1. The van der Waals surface area contributed by atoms with Crippen molar-refractivity contribution in [2.24, 2.45) is 5.92 Å². The fourth-order valence-corrected chi connectivity index (χ4v) is 4.26. The van der Waals surface area contributed by atoms with Crippen LogP contribution in [0.1, 0.15) is 61.8 Å². The summed E-state index contributed by atoms with van der Waals surface area (Å²) in [4.78, 5) is 40.5. The number of rotatable bonds is 14. The minimum atomic E-state index is -4.24. The third-order valence-corrected chi connectivity index (χ3v) is 6.65. The lowest BCUT2D eigenvalue weighted by Gasteiger charge is -2.25. The maximum Gasteiger partial charge on any atom is 0.478 e. The van der Waals surface area contributed by atoms with E-state index in [0.29, 0.717) is 17.0 Å². The Kier molecular flexibility index (Phi) is 12.0. The molecule has 0 aromatic carbocycles. The van der Waals surface area contributed by atoms with Crippen molar-refractivity contribution in [1.82, 2.24) is 10.3 Å². The summed E-state index contributed by atoms with van der Waals surface area (Å²) in [6.45, 7) is 6.63. The largest absolute Gasteiger partial charge is 0.478 e. The van der Waals surface area contributed by atoms with Crippen molar-refractivity contribution < 1.29 is 42.0 Å². The second-order valence-corrected chi connectivity index (χ2v) is 9.64. The van der Waals surface area contributed by atoms with E-state index in [-0.39, 0.29) is 24.8 Å². The van der Waals surface area contributed by atoms with Gasteiger partial charge in [-0.1, -0.05) is 34.1 Å². The average Bonchev–Trinajstić information content (AvgIpc) is 3.27. The van der Waals surface area contributed by atoms with Gasteiger partial charge in [0.25, 0.3) is 0 Å². The molecule has 0 saturated carbocycles. The molecule has 13 heteroatoms. The number of aromatic nitrogens is 1. The molecule has 0 aliphatic carbocycles. The monoisotopic (exact) mass is 494 g/mol. The Morgan fingerprint density at radius 1 is 1.22 bits per heavy atom. The Morgan fingerprint density at radius 2 is 1.91 bits per heavy atom. The molecular formula is C19H31N2O9PS. The van der Waals surface area contributed by atoms with Gasteiger partial charge in [-0.2, -0.15) is 0 Å². The van der Waals surface area contributed by atoms with Gasteiger partial charge in [0, 0.05) is 13.7 Å². The van der Waals surface area contributed by atoms with Gasteiger partial charge >= 0.3 is 19.8 Å². The first-order valence-electron chi connectivity index (χ1n) is 10.0. The molecule has 0 fully saturated rings. The van der Waals surface area contributed by atoms with Crippen LogP contribution in [0.3, 0.4) is 0 Å². The third kappa shape index (κ3) is 8.59. The van der Waals surface area contributed by atoms with Crippen molar-refractivity contribution >= 4 is 37.0 Å². The first-order chi connectivity index (χ1) is 15.1. The second kappa shape index (κ2) is 13.6. The maximum atomic E-state index is 12.9. The quantitative estimate of drug-likeness (QED) is 0.233. The number of esters is 2. The summed E-state index contributed by atoms with van der Waals surface area (Å²) >= 11 is 1.12. The van der Waals surface area contributed by atoms with Crippen LogP contribution < -0.4 is 5.32 Å². The van der Waals surface area contributed by atoms with E-state index < -0.39 is 38.6 Å². The van der Waals surface area contributed by atoms with Crippen LogP contribution in [-0.4, -0.2) is 56.5 Å². The Balaban J connectivity index is 2.74. The van der Waals surface area contributed by atoms with Crippen LogP contribution in [0, 0.1) is 5.92 Å². The number of nitrogens with one attached hydrogen (secondary N) is 1. The molecule has 1 heterocycles. The molecule has 0 aliphatic rings. The molecule has 1 amide bonds. The van der Waals surface area contributed by atoms with Crippen molar-refractivity contribution in [2.45, 2.75) is 52.6 Å². The number of hydrogen-bond acceptors (Lipinski definition) is 11. The van der Waals surface area contributed by atoms with Crippen molar-refractivity contribution in [2.75, 3.05) is 27.6 Å². The fourth-order valence-electron chi connectivity index (χ4n) is 2.41. The zero-order chi connectivity index (χ0) is 24.3. The smallest absolute Gasteiger partial charge is 0.469 e. The van der Waals surface area contributed by atoms with Crippen LogP contribution in [0.5, 0.6) is 0 Å². The first-order valence-corrected chi connectivity index (χ1v) is 12.4. The second-order valence-electron chi connectivity index (χ2n) is 7.06. The molecular weight excluding hydrogens is 463 g/mol. The van der Waals surface area contributed by atoms with Gasteiger partial charge in [-0.3, -0.25) is 18.6 Å². The zero-order valence-electron chi connectivity index (χ0n) is 19.1. The lowest BCUT2D eigenvalue weighted by atomic mass is 10.0. The SMILES string of the molecule is CCC(C)[C@@H](O[P@](=O)(OC)OCOC(=O)c1scnc1C(C)C)C(=O)NCCC(=O)OC. The zero-order valence-corrected chi connectivity index (χ0v) is 20.8. The van der Waals surface area contributed by atoms with Gasteiger partial charge in [0.15, 0.2) is 6.10 Å². The first kappa shape index (κ1) is 28.2. The number of carbonyl (C=O) groups excluding carboxylic acids is 3. The highest BCUT2D eigenvalue weighted by Gasteiger charge is 2.36. The molecule has 32 heavy (non-hydrogen) atoms. The summed E-state index contributed by atoms with van der Waals surface area (Å²) < 4.78 is 37.8. The van der Waals surface area contributed by atoms with E-state index in [4.69, 9.17) is 18.3 Å². The van der Waals surface area contributed by atoms with Gasteiger partial charge in [-0.05, 0) is 11.8 Å². The molecule has 182 valence electrons. The molecule has 11 nitrogen and oxygen atoms in total. The van der Waals surface area contributed by atoms with Gasteiger partial charge < -0.3 is 14.8 Å². The molecule has 1 N–H and O–H groups in total. The van der Waals surface area contributed by atoms with Gasteiger partial charge in [-0.25, -0.2) is 18.9 Å². The number of methoxy groups -OCH3 is 1. The molecule has 0 bridgehead atoms. The van der Waals surface area contributed by atoms with E-state index in [0.717, 1.165) is 18.4 Å². The molecule has 1 aromatic heterocycles. The number of thiazole rings is 1. The van der Waals surface area contributed by atoms with Crippen molar-refractivity contribution in [1.29, 1.82) is 0 Å². The molecule has 0 radical (unpaired) electrons. The Hall–Kier alpha value is -1.85. The van der Waals surface area contributed by atoms with Crippen LogP contribution in [0.25, 0.3) is 0 Å². The third-order valence-electron chi connectivity index (χ3n) is 4.47. The van der Waals surface area contributed by atoms with Gasteiger partial charge in [0.1, 0.15) is 4.88 Å². The fraction of sp³-hybridized carbons (Fsp3) is 0.684. The lowest BCUT2D eigenvalue weighted by Crippen LogP contribution is -2.41. The molecule has 1 rings (SSSR count). The van der Waals surface area contributed by atoms with Crippen LogP contribution in [0.4, 0.5) is 0 Å². The molecule has 0 spiro atoms. The van der Waals surface area contributed by atoms with Crippen molar-refractivity contribution in [3.8, 4) is 0 Å². The predicted octanol–water partition coefficient (Wildman–Crippen LogP) is 3.26. The summed E-state index contributed by atoms with van der Waals surface area (Å²) in [6.07, 6.45) is -0.690. The minimum absolute atomic E-state index is 0.0184. The van der Waals surface area contributed by atoms with Crippen molar-refractivity contribution in [3.05, 3.63) is 16.1 Å². The van der Waals surface area contributed by atoms with E-state index in [1.807, 2.05) is 20.8 Å². The van der Waals surface area contributed by atoms with Crippen LogP contribution in [-0.2, 0) is 37.2 Å². The van der Waals surface area contributed by atoms with E-state index >= 15 is 0 Å². The van der Waals surface area contributed by atoms with Crippen LogP contribution in [0.15, 0.2) is 5.51 Å². The minimum Gasteiger partial charge on any atom is -0.469 e. The van der Waals surface area contributed by atoms with Crippen LogP contribution in [0.2, 0.25) is 0 Å². The summed E-state index contributed by atoms with van der Waals surface area (Å²) in [7, 11) is -1.91. The predicted molar refractivity (Wildman–Crippen MR) is 116 cm³/mol. The molecule has 3 atom stereocenters. The molecule has 1 aromatic rings. The highest BCUT2D eigenvalue weighted by Crippen LogP contribution is 2.50. The topological polar surface area (TPSA) is 139 Å². The van der Waals surface area contributed by atoms with E-state index in [9.17, 15) is 18.9 Å². The van der Waals surface area contributed by atoms with Gasteiger partial charge in [0.2, 0.25) is 12.7 Å². The Morgan fingerprint density at radius 3 is 2.47 bits per heavy atom. The number of nitrogens with zero attached hydrogens (tertiary/aromatic N) is 1. The number of carbonyl (C=O) groups is 3. The van der Waals surface area contributed by atoms with E-state index in [2.05, 4.69) is 15.0 Å². The summed E-state index contributed by atoms with van der Waals surface area (Å²) in [6, 6.07) is 0. The van der Waals surface area contributed by atoms with Crippen LogP contribution >= 0.6 is 19.2 Å². The number of phosphoric ester groups is 1. The van der Waals surface area contributed by atoms with Gasteiger partial charge in [0.05, 0.1) is 24.7 Å². The highest BCUT2D eigenvalue weighted by molar-refractivity contribution is 7.48. The normalized spacial score (nSPS) is 15.0. The standard InChI is InChI=1S/C19H31N2O9PS/c1-7-13(4)16(18(23)20-9-8-14(22)26-5)30-31(25,27-6)29-11-28-19(24)17-15(12(2)3)21-10-32-17/h10,12-13,16H,7-9,11H2,1-6H3,(H,20,23)/t13?,16-,31-/m1/s1. The summed E-state index contributed by atoms with van der Waals surface area (Å²) in [5.74, 6) is -2.09. The molecule has 0 saturated heterocycles. The average molecular weight is 495 g/mol. The maximum absolute atomic E-state index is 12.9. The Labute approximate surface area is 191 Å². The molecule has 1 unspecified atom stereocenters. The van der Waals surface area contributed by atoms with E-state index in [1.165, 1.54) is 12.6 Å². The number of amides is 1. The molecule has 0 aliphatic heterocycles. The highest BCUT2D eigenvalue weighted by atomic mass is 32.1. The number of ether oxygens (including phenoxy) is 2. The number of hydrogen-bond donors (Lipinski definition) is 1. The summed E-state index contributed by atoms with van der Waals surface area (Å²) in [5.41, 5.74) is 2.12. The van der Waals surface area contributed by atoms with Crippen molar-refractivity contribution in [3.63, 3.8) is 0 Å². The Bertz CT molecular complexity index is 814. The van der Waals surface area contributed by atoms with Gasteiger partial charge in [-0.15, -0.1) is 11.3 Å².